The van der Waals surface area contributed by atoms with Gasteiger partial charge >= 0.3 is 0 Å². The van der Waals surface area contributed by atoms with Gasteiger partial charge in [-0.2, -0.15) is 0 Å². The maximum absolute atomic E-state index is 14.6. The van der Waals surface area contributed by atoms with Gasteiger partial charge in [0.15, 0.2) is 0 Å². The molecule has 3 aromatic carbocycles. The molecule has 2 aliphatic rings. The number of hydrogen-bond donors (Lipinski definition) is 5. The molecular weight excluding hydrogens is 656 g/mol. The number of benzene rings is 3. The lowest BCUT2D eigenvalue weighted by Crippen LogP contribution is -2.59. The Labute approximate surface area is 306 Å². The molecule has 0 bridgehead atoms. The van der Waals surface area contributed by atoms with Crippen LogP contribution < -0.4 is 27.0 Å². The van der Waals surface area contributed by atoms with E-state index in [1.165, 1.54) is 11.6 Å². The second kappa shape index (κ2) is 16.5. The molecule has 0 radical (unpaired) electrons. The van der Waals surface area contributed by atoms with Gasteiger partial charge in [0.25, 0.3) is 5.91 Å². The molecule has 1 saturated heterocycles. The molecule has 11 heteroatoms. The number of nitrogens with two attached hydrogens (primary N) is 1. The molecule has 0 saturated carbocycles. The molecule has 52 heavy (non-hydrogen) atoms. The molecule has 0 aromatic heterocycles. The van der Waals surface area contributed by atoms with Crippen molar-refractivity contribution in [1.82, 2.24) is 26.2 Å². The third-order valence-electron chi connectivity index (χ3n) is 10.4. The second-order valence-electron chi connectivity index (χ2n) is 15.1. The molecule has 0 unspecified atom stereocenters. The van der Waals surface area contributed by atoms with Crippen molar-refractivity contribution in [2.24, 2.45) is 11.1 Å². The Morgan fingerprint density at radius 1 is 0.942 bits per heavy atom. The molecule has 1 fully saturated rings. The number of aryl methyl sites for hydroxylation is 1. The predicted molar refractivity (Wildman–Crippen MR) is 200 cm³/mol. The second-order valence-corrected chi connectivity index (χ2v) is 15.1. The number of carbonyl (C=O) groups excluding carboxylic acids is 5. The fourth-order valence-electron chi connectivity index (χ4n) is 7.26. The zero-order chi connectivity index (χ0) is 37.6. The Hall–Kier alpha value is -5.03. The topological polar surface area (TPSA) is 163 Å². The van der Waals surface area contributed by atoms with E-state index < -0.39 is 41.3 Å². The average molecular weight is 709 g/mol. The van der Waals surface area contributed by atoms with Crippen molar-refractivity contribution >= 4 is 29.5 Å². The van der Waals surface area contributed by atoms with Crippen molar-refractivity contribution < 1.29 is 24.0 Å². The molecule has 5 amide bonds. The van der Waals surface area contributed by atoms with Gasteiger partial charge in [0.05, 0.1) is 12.1 Å². The smallest absolute Gasteiger partial charge is 0.251 e. The molecule has 5 atom stereocenters. The van der Waals surface area contributed by atoms with E-state index in [4.69, 9.17) is 5.73 Å². The first kappa shape index (κ1) is 38.2. The number of nitrogens with zero attached hydrogens (tertiary/aromatic N) is 1. The Balaban J connectivity index is 1.48. The number of fused-ring (bicyclic) bond motifs is 1. The number of rotatable bonds is 12. The molecule has 11 nitrogen and oxygen atoms in total. The van der Waals surface area contributed by atoms with Crippen LogP contribution in [0.5, 0.6) is 0 Å². The summed E-state index contributed by atoms with van der Waals surface area (Å²) in [4.78, 5) is 69.8. The lowest BCUT2D eigenvalue weighted by atomic mass is 9.85. The minimum absolute atomic E-state index is 0.0920. The molecule has 276 valence electrons. The highest BCUT2D eigenvalue weighted by Gasteiger charge is 2.46. The molecule has 1 heterocycles. The summed E-state index contributed by atoms with van der Waals surface area (Å²) >= 11 is 0. The molecule has 6 N–H and O–H groups in total. The third-order valence-corrected chi connectivity index (χ3v) is 10.4. The van der Waals surface area contributed by atoms with Crippen molar-refractivity contribution in [3.8, 4) is 0 Å². The van der Waals surface area contributed by atoms with Gasteiger partial charge in [-0.3, -0.25) is 24.0 Å². The van der Waals surface area contributed by atoms with E-state index in [-0.39, 0.29) is 42.3 Å². The third kappa shape index (κ3) is 8.88. The Morgan fingerprint density at radius 3 is 2.35 bits per heavy atom. The van der Waals surface area contributed by atoms with Crippen LogP contribution in [0.4, 0.5) is 0 Å². The van der Waals surface area contributed by atoms with Gasteiger partial charge < -0.3 is 31.9 Å². The van der Waals surface area contributed by atoms with Gasteiger partial charge in [-0.25, -0.2) is 0 Å². The van der Waals surface area contributed by atoms with Crippen LogP contribution in [0.3, 0.4) is 0 Å². The van der Waals surface area contributed by atoms with Crippen molar-refractivity contribution in [3.05, 3.63) is 106 Å². The Kier molecular flexibility index (Phi) is 12.2. The molecule has 3 aromatic rings. The largest absolute Gasteiger partial charge is 0.366 e. The van der Waals surface area contributed by atoms with E-state index in [9.17, 15) is 24.0 Å². The number of carbonyl (C=O) groups is 5. The normalized spacial score (nSPS) is 19.6. The van der Waals surface area contributed by atoms with Gasteiger partial charge in [0.2, 0.25) is 23.6 Å². The van der Waals surface area contributed by atoms with Crippen LogP contribution in [0.1, 0.15) is 102 Å². The quantitative estimate of drug-likeness (QED) is 0.192. The summed E-state index contributed by atoms with van der Waals surface area (Å²) < 4.78 is 0. The fraction of sp³-hybridized carbons (Fsp3) is 0.439. The van der Waals surface area contributed by atoms with Crippen LogP contribution in [-0.2, 0) is 27.2 Å². The monoisotopic (exact) mass is 708 g/mol. The maximum Gasteiger partial charge on any atom is 0.251 e. The predicted octanol–water partition coefficient (Wildman–Crippen LogP) is 3.78. The van der Waals surface area contributed by atoms with Crippen molar-refractivity contribution in [3.63, 3.8) is 0 Å². The first-order chi connectivity index (χ1) is 24.8. The van der Waals surface area contributed by atoms with Crippen LogP contribution >= 0.6 is 0 Å². The van der Waals surface area contributed by atoms with E-state index in [1.54, 1.807) is 31.0 Å². The summed E-state index contributed by atoms with van der Waals surface area (Å²) in [5.41, 5.74) is 9.45. The SMILES string of the molecule is CN[C@@H](C)C(=O)N[C@H](C(=O)N1C[C@H](c2cc(C(N)=O)ccc2C(=O)NCCc2ccccc2)C[C@H]1C(=O)N[C@@H]1CCCc2ccccc21)C(C)(C)C. The summed E-state index contributed by atoms with van der Waals surface area (Å²) in [6.07, 6.45) is 3.45. The minimum atomic E-state index is -0.946. The number of likely N-dealkylation sites (N-methyl/N-ethyl adjacent to an activating group) is 1. The first-order valence-electron chi connectivity index (χ1n) is 18.2. The highest BCUT2D eigenvalue weighted by atomic mass is 16.2. The van der Waals surface area contributed by atoms with E-state index in [0.717, 1.165) is 30.4 Å². The number of primary amides is 1. The number of likely N-dealkylation sites (tertiary alicyclic amines) is 1. The van der Waals surface area contributed by atoms with Gasteiger partial charge in [0, 0.05) is 30.1 Å². The van der Waals surface area contributed by atoms with Gasteiger partial charge in [-0.1, -0.05) is 75.4 Å². The number of hydrogen-bond acceptors (Lipinski definition) is 6. The highest BCUT2D eigenvalue weighted by molar-refractivity contribution is 5.99. The van der Waals surface area contributed by atoms with Crippen LogP contribution in [0, 0.1) is 5.41 Å². The van der Waals surface area contributed by atoms with E-state index >= 15 is 0 Å². The highest BCUT2D eigenvalue weighted by Crippen LogP contribution is 2.37. The van der Waals surface area contributed by atoms with Crippen LogP contribution in [0.15, 0.2) is 72.8 Å². The summed E-state index contributed by atoms with van der Waals surface area (Å²) in [5.74, 6) is -2.50. The van der Waals surface area contributed by atoms with Crippen LogP contribution in [0.25, 0.3) is 0 Å². The van der Waals surface area contributed by atoms with Gasteiger partial charge in [0.1, 0.15) is 12.1 Å². The van der Waals surface area contributed by atoms with E-state index in [1.807, 2.05) is 69.3 Å². The number of nitrogens with one attached hydrogen (secondary N) is 4. The summed E-state index contributed by atoms with van der Waals surface area (Å²) in [7, 11) is 1.67. The Morgan fingerprint density at radius 2 is 1.65 bits per heavy atom. The fourth-order valence-corrected chi connectivity index (χ4v) is 7.26. The lowest BCUT2D eigenvalue weighted by molar-refractivity contribution is -0.144. The van der Waals surface area contributed by atoms with Crippen LogP contribution in [0.2, 0.25) is 0 Å². The maximum atomic E-state index is 14.6. The van der Waals surface area contributed by atoms with E-state index in [2.05, 4.69) is 27.3 Å². The summed E-state index contributed by atoms with van der Waals surface area (Å²) in [6.45, 7) is 7.80. The van der Waals surface area contributed by atoms with Crippen molar-refractivity contribution in [2.45, 2.75) is 89.9 Å². The zero-order valence-corrected chi connectivity index (χ0v) is 30.8. The van der Waals surface area contributed by atoms with E-state index in [0.29, 0.717) is 24.1 Å². The lowest BCUT2D eigenvalue weighted by Gasteiger charge is -2.36. The molecule has 5 rings (SSSR count). The molecule has 1 aliphatic carbocycles. The zero-order valence-electron chi connectivity index (χ0n) is 30.8. The van der Waals surface area contributed by atoms with Gasteiger partial charge in [-0.15, -0.1) is 0 Å². The first-order valence-corrected chi connectivity index (χ1v) is 18.2. The summed E-state index contributed by atoms with van der Waals surface area (Å²) in [6, 6.07) is 20.0. The average Bonchev–Trinajstić information content (AvgIpc) is 3.59. The van der Waals surface area contributed by atoms with Crippen LogP contribution in [-0.4, -0.2) is 72.7 Å². The summed E-state index contributed by atoms with van der Waals surface area (Å²) in [5, 5.41) is 12.1. The minimum Gasteiger partial charge on any atom is -0.366 e. The number of amides is 5. The van der Waals surface area contributed by atoms with Crippen molar-refractivity contribution in [2.75, 3.05) is 20.1 Å². The standard InChI is InChI=1S/C41H52N6O5/c1-25(43-5)37(49)46-35(41(2,3)4)40(52)47-24-29(23-34(47)39(51)45-33-17-11-15-27-14-9-10-16-30(27)33)32-22-28(36(42)48)18-19-31(32)38(50)44-21-20-26-12-7-6-8-13-26/h6-10,12-14,16,18-19,22,25,29,33-35,43H,11,15,17,20-21,23-24H2,1-5H3,(H2,42,48)(H,44,50)(H,45,51)(H,46,49)/t25-,29+,33+,34-,35+/m0/s1. The molecular formula is C41H52N6O5. The molecule has 1 aliphatic heterocycles. The Bertz CT molecular complexity index is 1790. The van der Waals surface area contributed by atoms with Gasteiger partial charge in [-0.05, 0) is 91.9 Å². The van der Waals surface area contributed by atoms with Crippen molar-refractivity contribution in [1.29, 1.82) is 0 Å². The molecule has 0 spiro atoms.